The zero-order valence-electron chi connectivity index (χ0n) is 28.6. The number of benzene rings is 9. The van der Waals surface area contributed by atoms with Crippen LogP contribution in [0.4, 0.5) is 0 Å². The van der Waals surface area contributed by atoms with E-state index in [0.29, 0.717) is 0 Å². The van der Waals surface area contributed by atoms with Gasteiger partial charge in [-0.15, -0.1) is 0 Å². The molecule has 9 aromatic rings. The lowest BCUT2D eigenvalue weighted by Gasteiger charge is -2.28. The van der Waals surface area contributed by atoms with Crippen LogP contribution in [0.15, 0.2) is 193 Å². The number of hydrogen-bond donors (Lipinski definition) is 2. The molecule has 3 N–H and O–H groups in total. The molecule has 0 aliphatic carbocycles. The Morgan fingerprint density at radius 3 is 1.71 bits per heavy atom. The number of nitrogens with zero attached hydrogens (tertiary/aromatic N) is 1. The topological polar surface area (TPSA) is 41.0 Å². The predicted octanol–water partition coefficient (Wildman–Crippen LogP) is 10.9. The molecule has 0 amide bonds. The normalized spacial score (nSPS) is 16.0. The zero-order chi connectivity index (χ0) is 34.4. The highest BCUT2D eigenvalue weighted by molar-refractivity contribution is 6.26. The van der Waals surface area contributed by atoms with Crippen LogP contribution in [0.1, 0.15) is 29.0 Å². The van der Waals surface area contributed by atoms with Crippen LogP contribution in [-0.4, -0.2) is 5.84 Å². The molecule has 0 radical (unpaired) electrons. The quantitative estimate of drug-likeness (QED) is 0.176. The highest BCUT2D eigenvalue weighted by Crippen LogP contribution is 2.42. The molecule has 0 aromatic heterocycles. The Morgan fingerprint density at radius 1 is 0.404 bits per heavy atom. The molecule has 0 spiro atoms. The second-order valence-electron chi connectivity index (χ2n) is 13.7. The lowest BCUT2D eigenvalue weighted by Crippen LogP contribution is -2.93. The molecule has 0 saturated carbocycles. The number of quaternary nitrogens is 1. The van der Waals surface area contributed by atoms with Crippen LogP contribution < -0.4 is 10.6 Å². The van der Waals surface area contributed by atoms with E-state index in [1.54, 1.807) is 0 Å². The fourth-order valence-corrected chi connectivity index (χ4v) is 8.16. The van der Waals surface area contributed by atoms with Gasteiger partial charge >= 0.3 is 0 Å². The van der Waals surface area contributed by atoms with Crippen LogP contribution in [0.3, 0.4) is 0 Å². The summed E-state index contributed by atoms with van der Waals surface area (Å²) in [6.45, 7) is 0. The lowest BCUT2D eigenvalue weighted by molar-refractivity contribution is -0.600. The predicted molar refractivity (Wildman–Crippen MR) is 217 cm³/mol. The molecule has 10 rings (SSSR count). The summed E-state index contributed by atoms with van der Waals surface area (Å²) in [4.78, 5) is 5.19. The van der Waals surface area contributed by atoms with Crippen LogP contribution in [0.2, 0.25) is 0 Å². The number of fused-ring (bicyclic) bond motifs is 7. The Hall–Kier alpha value is -6.39. The van der Waals surface area contributed by atoms with E-state index in [1.165, 1.54) is 70.9 Å². The van der Waals surface area contributed by atoms with Crippen molar-refractivity contribution in [3.63, 3.8) is 0 Å². The van der Waals surface area contributed by atoms with Crippen molar-refractivity contribution in [3.8, 4) is 22.3 Å². The Labute approximate surface area is 302 Å². The fraction of sp³-hybridized carbons (Fsp3) is 0.0408. The van der Waals surface area contributed by atoms with E-state index >= 15 is 0 Å². The summed E-state index contributed by atoms with van der Waals surface area (Å²) in [7, 11) is 0. The summed E-state index contributed by atoms with van der Waals surface area (Å²) in [6.07, 6.45) is -0.191. The third-order valence-corrected chi connectivity index (χ3v) is 10.6. The van der Waals surface area contributed by atoms with Crippen molar-refractivity contribution in [1.82, 2.24) is 5.32 Å². The van der Waals surface area contributed by atoms with Gasteiger partial charge in [-0.1, -0.05) is 164 Å². The molecule has 246 valence electrons. The van der Waals surface area contributed by atoms with Gasteiger partial charge in [0, 0.05) is 5.56 Å². The van der Waals surface area contributed by atoms with Gasteiger partial charge in [0.15, 0.2) is 6.17 Å². The molecule has 9 aromatic carbocycles. The van der Waals surface area contributed by atoms with Crippen molar-refractivity contribution >= 4 is 48.9 Å². The highest BCUT2D eigenvalue weighted by Gasteiger charge is 2.30. The van der Waals surface area contributed by atoms with E-state index in [1.807, 2.05) is 0 Å². The minimum absolute atomic E-state index is 0.0309. The summed E-state index contributed by atoms with van der Waals surface area (Å²) >= 11 is 0. The van der Waals surface area contributed by atoms with Gasteiger partial charge in [0.1, 0.15) is 6.17 Å². The number of hydrogen-bond acceptors (Lipinski definition) is 2. The van der Waals surface area contributed by atoms with Gasteiger partial charge in [0.25, 0.3) is 0 Å². The fourth-order valence-electron chi connectivity index (χ4n) is 8.16. The Balaban J connectivity index is 1.13. The first kappa shape index (κ1) is 30.4. The second-order valence-corrected chi connectivity index (χ2v) is 13.7. The second kappa shape index (κ2) is 12.7. The van der Waals surface area contributed by atoms with Crippen molar-refractivity contribution in [2.45, 2.75) is 12.3 Å². The largest absolute Gasteiger partial charge is 0.278 e. The summed E-state index contributed by atoms with van der Waals surface area (Å²) in [5.41, 5.74) is 8.36. The standard InChI is InChI=1S/C49H35N3/c1-3-15-33(16-4-1)47-50-48(34-17-5-2-6-18-34)52-49(51-47)37-20-13-19-36(30-37)46-38-21-8-7-14-32(38)26-28-39(46)35-27-29-44-42-24-10-9-22-40(42)41-23-11-12-25-43(41)45(44)31-35/h1-31,47,49,51H,(H,50,52)/p+1. The third-order valence-electron chi connectivity index (χ3n) is 10.6. The maximum atomic E-state index is 5.19. The van der Waals surface area contributed by atoms with E-state index in [0.717, 1.165) is 17.0 Å². The zero-order valence-corrected chi connectivity index (χ0v) is 28.6. The highest BCUT2D eigenvalue weighted by atomic mass is 15.3. The van der Waals surface area contributed by atoms with Gasteiger partial charge < -0.3 is 0 Å². The molecule has 3 heteroatoms. The molecule has 2 unspecified atom stereocenters. The molecule has 3 nitrogen and oxygen atoms in total. The number of nitrogens with one attached hydrogen (secondary N) is 1. The smallest absolute Gasteiger partial charge is 0.230 e. The maximum absolute atomic E-state index is 5.19. The summed E-state index contributed by atoms with van der Waals surface area (Å²) in [5.74, 6) is 1.00. The molecule has 1 aliphatic rings. The van der Waals surface area contributed by atoms with Crippen molar-refractivity contribution in [1.29, 1.82) is 0 Å². The van der Waals surface area contributed by atoms with Crippen molar-refractivity contribution in [2.24, 2.45) is 4.99 Å². The minimum Gasteiger partial charge on any atom is -0.278 e. The first-order valence-corrected chi connectivity index (χ1v) is 18.0. The van der Waals surface area contributed by atoms with Gasteiger partial charge in [0.05, 0.1) is 5.56 Å². The number of amidine groups is 1. The van der Waals surface area contributed by atoms with Gasteiger partial charge in [0.2, 0.25) is 5.84 Å². The van der Waals surface area contributed by atoms with Gasteiger partial charge in [-0.25, -0.2) is 10.3 Å². The van der Waals surface area contributed by atoms with Crippen molar-refractivity contribution in [2.75, 3.05) is 0 Å². The Kier molecular flexibility index (Phi) is 7.46. The van der Waals surface area contributed by atoms with Crippen LogP contribution in [0.25, 0.3) is 65.3 Å². The number of nitrogens with two attached hydrogens (primary N) is 1. The molecule has 0 fully saturated rings. The first-order chi connectivity index (χ1) is 25.8. The van der Waals surface area contributed by atoms with E-state index < -0.39 is 0 Å². The van der Waals surface area contributed by atoms with Gasteiger partial charge in [-0.05, 0) is 95.2 Å². The van der Waals surface area contributed by atoms with E-state index in [-0.39, 0.29) is 12.3 Å². The summed E-state index contributed by atoms with van der Waals surface area (Å²) in [6, 6.07) is 68.1. The van der Waals surface area contributed by atoms with E-state index in [9.17, 15) is 0 Å². The SMILES string of the molecule is c1ccc(C2=NC(c3ccccc3)NC(c3cccc(-c4c(-c5ccc6c7ccccc7c7ccccc7c6c5)ccc5ccccc45)c3)[NH2+]2)cc1. The molecule has 52 heavy (non-hydrogen) atoms. The lowest BCUT2D eigenvalue weighted by atomic mass is 9.87. The first-order valence-electron chi connectivity index (χ1n) is 18.0. The molecule has 0 saturated heterocycles. The third kappa shape index (κ3) is 5.27. The van der Waals surface area contributed by atoms with Crippen LogP contribution in [0, 0.1) is 0 Å². The summed E-state index contributed by atoms with van der Waals surface area (Å²) in [5, 5.41) is 16.3. The molecular weight excluding hydrogens is 631 g/mol. The molecular formula is C49H36N3+. The average Bonchev–Trinajstić information content (AvgIpc) is 3.23. The summed E-state index contributed by atoms with van der Waals surface area (Å²) < 4.78 is 0. The Bertz CT molecular complexity index is 2770. The monoisotopic (exact) mass is 666 g/mol. The molecule has 1 aliphatic heterocycles. The van der Waals surface area contributed by atoms with Crippen molar-refractivity contribution < 1.29 is 5.32 Å². The number of aliphatic imine (C=N–C) groups is 1. The van der Waals surface area contributed by atoms with Gasteiger partial charge in [-0.3, -0.25) is 5.32 Å². The van der Waals surface area contributed by atoms with Crippen LogP contribution in [0.5, 0.6) is 0 Å². The van der Waals surface area contributed by atoms with Crippen LogP contribution >= 0.6 is 0 Å². The number of rotatable bonds is 5. The molecule has 2 atom stereocenters. The van der Waals surface area contributed by atoms with Crippen LogP contribution in [-0.2, 0) is 0 Å². The average molecular weight is 667 g/mol. The van der Waals surface area contributed by atoms with Gasteiger partial charge in [-0.2, -0.15) is 0 Å². The van der Waals surface area contributed by atoms with E-state index in [4.69, 9.17) is 4.99 Å². The van der Waals surface area contributed by atoms with Crippen molar-refractivity contribution in [3.05, 3.63) is 205 Å². The molecule has 1 heterocycles. The molecule has 0 bridgehead atoms. The van der Waals surface area contributed by atoms with E-state index in [2.05, 4.69) is 199 Å². The maximum Gasteiger partial charge on any atom is 0.230 e. The minimum atomic E-state index is -0.160. The Morgan fingerprint density at radius 2 is 0.981 bits per heavy atom.